The van der Waals surface area contributed by atoms with Crippen molar-refractivity contribution in [3.8, 4) is 5.75 Å². The Hall–Kier alpha value is -1.51. The maximum absolute atomic E-state index is 15.0. The largest absolute Gasteiger partial charge is 0.489 e. The summed E-state index contributed by atoms with van der Waals surface area (Å²) < 4.78 is 26.2. The van der Waals surface area contributed by atoms with Crippen molar-refractivity contribution in [2.24, 2.45) is 0 Å². The Bertz CT molecular complexity index is 1040. The highest BCUT2D eigenvalue weighted by atomic mass is 35.5. The van der Waals surface area contributed by atoms with Gasteiger partial charge in [-0.25, -0.2) is 8.70 Å². The normalized spacial score (nSPS) is 21.2. The summed E-state index contributed by atoms with van der Waals surface area (Å²) in [5, 5.41) is 1.26. The van der Waals surface area contributed by atoms with E-state index in [1.807, 2.05) is 16.4 Å². The van der Waals surface area contributed by atoms with Gasteiger partial charge in [-0.1, -0.05) is 23.2 Å². The second-order valence-corrected chi connectivity index (χ2v) is 11.1. The molecule has 182 valence electrons. The highest BCUT2D eigenvalue weighted by Gasteiger charge is 2.31. The number of piperidine rings is 1. The van der Waals surface area contributed by atoms with Crippen molar-refractivity contribution >= 4 is 41.2 Å². The number of nitrogens with zero attached hydrogens (tertiary/aromatic N) is 2. The number of rotatable bonds is 8. The minimum atomic E-state index is -0.539. The van der Waals surface area contributed by atoms with Gasteiger partial charge in [-0.2, -0.15) is 0 Å². The van der Waals surface area contributed by atoms with Crippen molar-refractivity contribution in [3.05, 3.63) is 62.9 Å². The molecule has 2 aliphatic heterocycles. The van der Waals surface area contributed by atoms with E-state index in [1.54, 1.807) is 12.1 Å². The summed E-state index contributed by atoms with van der Waals surface area (Å²) >= 11 is 13.6. The lowest BCUT2D eigenvalue weighted by atomic mass is 10.0. The van der Waals surface area contributed by atoms with Crippen molar-refractivity contribution in [2.75, 3.05) is 26.2 Å². The van der Waals surface area contributed by atoms with Gasteiger partial charge in [0.1, 0.15) is 17.7 Å². The Labute approximate surface area is 214 Å². The van der Waals surface area contributed by atoms with Crippen LogP contribution in [0.15, 0.2) is 30.3 Å². The van der Waals surface area contributed by atoms with Gasteiger partial charge in [0.2, 0.25) is 0 Å². The molecule has 1 atom stereocenters. The van der Waals surface area contributed by atoms with Crippen LogP contribution in [0.1, 0.15) is 59.5 Å². The van der Waals surface area contributed by atoms with Crippen LogP contribution in [0.3, 0.4) is 0 Å². The molecular weight excluding hydrogens is 496 g/mol. The van der Waals surface area contributed by atoms with Crippen LogP contribution in [0, 0.1) is 5.82 Å². The summed E-state index contributed by atoms with van der Waals surface area (Å²) in [4.78, 5) is 14.9. The molecule has 2 heterocycles. The van der Waals surface area contributed by atoms with E-state index in [-0.39, 0.29) is 11.7 Å². The molecule has 0 aromatic heterocycles. The Kier molecular flexibility index (Phi) is 7.56. The molecule has 9 heteroatoms. The Morgan fingerprint density at radius 2 is 1.82 bits per heavy atom. The third-order valence-corrected chi connectivity index (χ3v) is 7.86. The van der Waals surface area contributed by atoms with E-state index in [1.165, 1.54) is 18.2 Å². The first-order chi connectivity index (χ1) is 16.4. The second-order valence-electron chi connectivity index (χ2n) is 9.34. The number of carbonyl (C=O) groups excluding carboxylic acids is 1. The molecule has 0 unspecified atom stereocenters. The van der Waals surface area contributed by atoms with Gasteiger partial charge in [-0.05, 0) is 80.0 Å². The Morgan fingerprint density at radius 3 is 2.50 bits per heavy atom. The number of carbonyl (C=O) groups is 1. The van der Waals surface area contributed by atoms with E-state index in [2.05, 4.69) is 9.62 Å². The maximum atomic E-state index is 15.0. The third kappa shape index (κ3) is 6.00. The topological polar surface area (TPSA) is 44.8 Å². The third-order valence-electron chi connectivity index (χ3n) is 6.53. The van der Waals surface area contributed by atoms with Crippen LogP contribution >= 0.6 is 35.3 Å². The Balaban J connectivity index is 1.26. The van der Waals surface area contributed by atoms with E-state index >= 15 is 0 Å². The lowest BCUT2D eigenvalue weighted by molar-refractivity contribution is 0.0832. The molecule has 2 aromatic rings. The van der Waals surface area contributed by atoms with Crippen LogP contribution in [-0.4, -0.2) is 47.4 Å². The summed E-state index contributed by atoms with van der Waals surface area (Å²) in [6.45, 7) is 4.32. The first kappa shape index (κ1) is 24.2. The first-order valence-electron chi connectivity index (χ1n) is 11.8. The quantitative estimate of drug-likeness (QED) is 0.426. The number of likely N-dealkylation sites (tertiary alicyclic amines) is 1. The van der Waals surface area contributed by atoms with Gasteiger partial charge >= 0.3 is 0 Å². The molecule has 1 N–H and O–H groups in total. The minimum absolute atomic E-state index is 0.0399. The van der Waals surface area contributed by atoms with Crippen LogP contribution in [0.2, 0.25) is 10.0 Å². The molecular formula is C25H28Cl2FN3O2S. The van der Waals surface area contributed by atoms with Crippen LogP contribution < -0.4 is 9.46 Å². The zero-order chi connectivity index (χ0) is 23.7. The molecule has 0 bridgehead atoms. The van der Waals surface area contributed by atoms with E-state index in [4.69, 9.17) is 27.9 Å². The van der Waals surface area contributed by atoms with Gasteiger partial charge < -0.3 is 4.74 Å². The van der Waals surface area contributed by atoms with Crippen molar-refractivity contribution in [2.45, 2.75) is 50.7 Å². The summed E-state index contributed by atoms with van der Waals surface area (Å²) in [6, 6.07) is 8.71. The molecule has 3 aliphatic rings. The molecule has 5 rings (SSSR count). The molecule has 1 aliphatic carbocycles. The molecule has 1 saturated carbocycles. The SMILES string of the molecule is O=C(NSN1CCC1)c1cc(C2CC2)c(O[C@@H]2CCCN(Cc3cc(Cl)cc(Cl)c3)C2)cc1F. The van der Waals surface area contributed by atoms with Crippen LogP contribution in [0.4, 0.5) is 4.39 Å². The molecule has 1 amide bonds. The minimum Gasteiger partial charge on any atom is -0.489 e. The summed E-state index contributed by atoms with van der Waals surface area (Å²) in [7, 11) is 0. The van der Waals surface area contributed by atoms with Crippen LogP contribution in [0.5, 0.6) is 5.75 Å². The number of hydrogen-bond acceptors (Lipinski definition) is 5. The number of benzene rings is 2. The number of nitrogens with one attached hydrogen (secondary N) is 1. The van der Waals surface area contributed by atoms with Gasteiger partial charge in [0.15, 0.2) is 0 Å². The van der Waals surface area contributed by atoms with Gasteiger partial charge in [0.05, 0.1) is 5.56 Å². The van der Waals surface area contributed by atoms with Gasteiger partial charge in [-0.3, -0.25) is 14.4 Å². The fourth-order valence-corrected chi connectivity index (χ4v) is 5.83. The monoisotopic (exact) mass is 523 g/mol. The van der Waals surface area contributed by atoms with Crippen molar-refractivity contribution in [1.29, 1.82) is 0 Å². The zero-order valence-corrected chi connectivity index (χ0v) is 21.2. The maximum Gasteiger partial charge on any atom is 0.265 e. The number of amides is 1. The summed E-state index contributed by atoms with van der Waals surface area (Å²) in [6.07, 6.45) is 5.07. The highest BCUT2D eigenvalue weighted by Crippen LogP contribution is 2.45. The van der Waals surface area contributed by atoms with Gasteiger partial charge in [0.25, 0.3) is 5.91 Å². The predicted octanol–water partition coefficient (Wildman–Crippen LogP) is 6.05. The molecule has 2 aromatic carbocycles. The fourth-order valence-electron chi connectivity index (χ4n) is 4.49. The van der Waals surface area contributed by atoms with Crippen LogP contribution in [-0.2, 0) is 6.54 Å². The van der Waals surface area contributed by atoms with E-state index in [0.717, 1.165) is 76.0 Å². The molecule has 0 radical (unpaired) electrons. The highest BCUT2D eigenvalue weighted by molar-refractivity contribution is 7.95. The number of hydrogen-bond donors (Lipinski definition) is 1. The molecule has 2 saturated heterocycles. The second kappa shape index (κ2) is 10.6. The predicted molar refractivity (Wildman–Crippen MR) is 135 cm³/mol. The number of halogens is 3. The Morgan fingerprint density at radius 1 is 1.06 bits per heavy atom. The molecule has 34 heavy (non-hydrogen) atoms. The molecule has 5 nitrogen and oxygen atoms in total. The number of ether oxygens (including phenoxy) is 1. The van der Waals surface area contributed by atoms with Crippen LogP contribution in [0.25, 0.3) is 0 Å². The van der Waals surface area contributed by atoms with Gasteiger partial charge in [-0.15, -0.1) is 0 Å². The first-order valence-corrected chi connectivity index (χ1v) is 13.4. The van der Waals surface area contributed by atoms with E-state index in [0.29, 0.717) is 21.7 Å². The smallest absolute Gasteiger partial charge is 0.265 e. The standard InChI is InChI=1S/C25H28Cl2FN3O2S/c26-18-9-16(10-19(27)11-18)14-30-6-1-3-20(15-30)33-24-13-23(28)22(12-21(24)17-4-5-17)25(32)29-34-31-7-2-8-31/h9-13,17,20H,1-8,14-15H2,(H,29,32)/t20-/m1/s1. The van der Waals surface area contributed by atoms with E-state index < -0.39 is 11.7 Å². The fraction of sp³-hybridized carbons (Fsp3) is 0.480. The summed E-state index contributed by atoms with van der Waals surface area (Å²) in [5.74, 6) is -0.0303. The van der Waals surface area contributed by atoms with E-state index in [9.17, 15) is 9.18 Å². The molecule has 3 fully saturated rings. The average molecular weight is 524 g/mol. The average Bonchev–Trinajstić information content (AvgIpc) is 3.57. The molecule has 0 spiro atoms. The lowest BCUT2D eigenvalue weighted by Gasteiger charge is -2.33. The lowest BCUT2D eigenvalue weighted by Crippen LogP contribution is -2.40. The van der Waals surface area contributed by atoms with Crippen molar-refractivity contribution in [1.82, 2.24) is 13.9 Å². The van der Waals surface area contributed by atoms with Crippen molar-refractivity contribution < 1.29 is 13.9 Å². The van der Waals surface area contributed by atoms with Gasteiger partial charge in [0, 0.05) is 54.4 Å². The summed E-state index contributed by atoms with van der Waals surface area (Å²) in [5.41, 5.74) is 2.10. The van der Waals surface area contributed by atoms with Crippen molar-refractivity contribution in [3.63, 3.8) is 0 Å². The zero-order valence-electron chi connectivity index (χ0n) is 18.9.